The van der Waals surface area contributed by atoms with Crippen LogP contribution in [0.2, 0.25) is 0 Å². The third-order valence-corrected chi connectivity index (χ3v) is 3.16. The van der Waals surface area contributed by atoms with Gasteiger partial charge >= 0.3 is 5.97 Å². The van der Waals surface area contributed by atoms with Crippen LogP contribution in [0, 0.1) is 0 Å². The highest BCUT2D eigenvalue weighted by atomic mass is 32.1. The van der Waals surface area contributed by atoms with Gasteiger partial charge in [-0.3, -0.25) is 9.59 Å². The second-order valence-corrected chi connectivity index (χ2v) is 4.58. The van der Waals surface area contributed by atoms with Crippen LogP contribution in [0.5, 0.6) is 0 Å². The number of Topliss-reactive ketones (excluding diaryl/α,β-unsaturated/α-hetero) is 1. The SMILES string of the molecule is O=C(O)CCC(=O)c1ccc(C=CCS)s1. The fourth-order valence-electron chi connectivity index (χ4n) is 1.10. The van der Waals surface area contributed by atoms with Crippen molar-refractivity contribution in [1.29, 1.82) is 0 Å². The lowest BCUT2D eigenvalue weighted by Crippen LogP contribution is -2.01. The Morgan fingerprint density at radius 3 is 2.75 bits per heavy atom. The molecule has 0 unspecified atom stereocenters. The van der Waals surface area contributed by atoms with Gasteiger partial charge in [-0.05, 0) is 18.2 Å². The maximum absolute atomic E-state index is 11.5. The summed E-state index contributed by atoms with van der Waals surface area (Å²) in [5.74, 6) is -0.404. The summed E-state index contributed by atoms with van der Waals surface area (Å²) in [5, 5.41) is 8.46. The molecular weight excluding hydrogens is 244 g/mol. The quantitative estimate of drug-likeness (QED) is 0.608. The van der Waals surface area contributed by atoms with Crippen molar-refractivity contribution in [3.8, 4) is 0 Å². The van der Waals surface area contributed by atoms with Crippen LogP contribution in [0.25, 0.3) is 6.08 Å². The molecule has 16 heavy (non-hydrogen) atoms. The number of hydrogen-bond donors (Lipinski definition) is 2. The van der Waals surface area contributed by atoms with E-state index in [1.165, 1.54) is 11.3 Å². The molecule has 0 amide bonds. The Balaban J connectivity index is 2.59. The van der Waals surface area contributed by atoms with Crippen LogP contribution in [0.1, 0.15) is 27.4 Å². The summed E-state index contributed by atoms with van der Waals surface area (Å²) in [6, 6.07) is 3.58. The van der Waals surface area contributed by atoms with Gasteiger partial charge in [0.05, 0.1) is 11.3 Å². The first kappa shape index (κ1) is 13.0. The van der Waals surface area contributed by atoms with E-state index in [-0.39, 0.29) is 18.6 Å². The van der Waals surface area contributed by atoms with E-state index < -0.39 is 5.97 Å². The zero-order valence-electron chi connectivity index (χ0n) is 8.55. The Hall–Kier alpha value is -1.07. The largest absolute Gasteiger partial charge is 0.481 e. The molecule has 0 aliphatic rings. The van der Waals surface area contributed by atoms with Crippen LogP contribution in [0.3, 0.4) is 0 Å². The highest BCUT2D eigenvalue weighted by Gasteiger charge is 2.10. The molecule has 1 aromatic heterocycles. The van der Waals surface area contributed by atoms with E-state index in [4.69, 9.17) is 5.11 Å². The number of thiophene rings is 1. The van der Waals surface area contributed by atoms with Gasteiger partial charge in [-0.1, -0.05) is 6.08 Å². The van der Waals surface area contributed by atoms with Gasteiger partial charge in [0.15, 0.2) is 5.78 Å². The maximum atomic E-state index is 11.5. The summed E-state index contributed by atoms with van der Waals surface area (Å²) in [7, 11) is 0. The van der Waals surface area contributed by atoms with Crippen molar-refractivity contribution >= 4 is 41.8 Å². The van der Waals surface area contributed by atoms with E-state index in [0.717, 1.165) is 4.88 Å². The third-order valence-electron chi connectivity index (χ3n) is 1.86. The van der Waals surface area contributed by atoms with Gasteiger partial charge in [-0.15, -0.1) is 11.3 Å². The molecule has 0 radical (unpaired) electrons. The predicted molar refractivity (Wildman–Crippen MR) is 68.4 cm³/mol. The van der Waals surface area contributed by atoms with E-state index in [2.05, 4.69) is 12.6 Å². The lowest BCUT2D eigenvalue weighted by molar-refractivity contribution is -0.136. The van der Waals surface area contributed by atoms with Crippen molar-refractivity contribution in [2.75, 3.05) is 5.75 Å². The number of thiol groups is 1. The number of aliphatic carboxylic acids is 1. The summed E-state index contributed by atoms with van der Waals surface area (Å²) in [6.07, 6.45) is 3.73. The lowest BCUT2D eigenvalue weighted by atomic mass is 10.2. The standard InChI is InChI=1S/C11H12O3S2/c12-9(4-6-11(13)14)10-5-3-8(16-10)2-1-7-15/h1-3,5,15H,4,6-7H2,(H,13,14). The molecule has 0 saturated heterocycles. The van der Waals surface area contributed by atoms with Gasteiger partial charge < -0.3 is 5.11 Å². The van der Waals surface area contributed by atoms with Gasteiger partial charge in [-0.25, -0.2) is 0 Å². The number of carboxylic acids is 1. The second-order valence-electron chi connectivity index (χ2n) is 3.10. The first-order chi connectivity index (χ1) is 7.63. The minimum Gasteiger partial charge on any atom is -0.481 e. The van der Waals surface area contributed by atoms with Crippen molar-refractivity contribution < 1.29 is 14.7 Å². The molecule has 0 atom stereocenters. The number of rotatable bonds is 6. The van der Waals surface area contributed by atoms with Gasteiger partial charge in [0.2, 0.25) is 0 Å². The predicted octanol–water partition coefficient (Wildman–Crippen LogP) is 2.74. The lowest BCUT2D eigenvalue weighted by Gasteiger charge is -1.93. The summed E-state index contributed by atoms with van der Waals surface area (Å²) < 4.78 is 0. The number of ketones is 1. The van der Waals surface area contributed by atoms with E-state index >= 15 is 0 Å². The molecule has 0 bridgehead atoms. The second kappa shape index (κ2) is 6.50. The fraction of sp³-hybridized carbons (Fsp3) is 0.273. The zero-order valence-corrected chi connectivity index (χ0v) is 10.3. The Bertz CT molecular complexity index is 407. The van der Waals surface area contributed by atoms with Crippen molar-refractivity contribution in [3.63, 3.8) is 0 Å². The number of carbonyl (C=O) groups is 2. The van der Waals surface area contributed by atoms with Crippen LogP contribution in [-0.4, -0.2) is 22.6 Å². The topological polar surface area (TPSA) is 54.4 Å². The summed E-state index contributed by atoms with van der Waals surface area (Å²) in [5.41, 5.74) is 0. The van der Waals surface area contributed by atoms with E-state index in [1.807, 2.05) is 18.2 Å². The molecule has 0 spiro atoms. The van der Waals surface area contributed by atoms with Gasteiger partial charge in [0.1, 0.15) is 0 Å². The van der Waals surface area contributed by atoms with Crippen LogP contribution >= 0.6 is 24.0 Å². The maximum Gasteiger partial charge on any atom is 0.303 e. The Labute approximate surface area is 103 Å². The molecule has 86 valence electrons. The molecule has 3 nitrogen and oxygen atoms in total. The van der Waals surface area contributed by atoms with Crippen molar-refractivity contribution in [1.82, 2.24) is 0 Å². The smallest absolute Gasteiger partial charge is 0.303 e. The average molecular weight is 256 g/mol. The Morgan fingerprint density at radius 1 is 1.38 bits per heavy atom. The van der Waals surface area contributed by atoms with Gasteiger partial charge in [0.25, 0.3) is 0 Å². The first-order valence-electron chi connectivity index (χ1n) is 4.75. The number of hydrogen-bond acceptors (Lipinski definition) is 4. The summed E-state index contributed by atoms with van der Waals surface area (Å²) in [6.45, 7) is 0. The molecule has 0 fully saturated rings. The van der Waals surface area contributed by atoms with Crippen molar-refractivity contribution in [2.24, 2.45) is 0 Å². The average Bonchev–Trinajstić information content (AvgIpc) is 2.71. The summed E-state index contributed by atoms with van der Waals surface area (Å²) >= 11 is 5.41. The highest BCUT2D eigenvalue weighted by Crippen LogP contribution is 2.20. The molecule has 1 heterocycles. The van der Waals surface area contributed by atoms with E-state index in [1.54, 1.807) is 6.07 Å². The van der Waals surface area contributed by atoms with Crippen molar-refractivity contribution in [2.45, 2.75) is 12.8 Å². The molecule has 0 aromatic carbocycles. The van der Waals surface area contributed by atoms with E-state index in [9.17, 15) is 9.59 Å². The molecule has 1 aromatic rings. The molecule has 1 N–H and O–H groups in total. The van der Waals surface area contributed by atoms with Crippen molar-refractivity contribution in [3.05, 3.63) is 28.0 Å². The fourth-order valence-corrected chi connectivity index (χ4v) is 2.12. The van der Waals surface area contributed by atoms with Crippen LogP contribution in [-0.2, 0) is 4.79 Å². The zero-order chi connectivity index (χ0) is 12.0. The highest BCUT2D eigenvalue weighted by molar-refractivity contribution is 7.80. The molecule has 1 rings (SSSR count). The minimum atomic E-state index is -0.944. The molecule has 0 saturated carbocycles. The normalized spacial score (nSPS) is 10.8. The Kier molecular flexibility index (Phi) is 5.28. The van der Waals surface area contributed by atoms with Crippen LogP contribution in [0.15, 0.2) is 18.2 Å². The monoisotopic (exact) mass is 256 g/mol. The van der Waals surface area contributed by atoms with Crippen LogP contribution < -0.4 is 0 Å². The first-order valence-corrected chi connectivity index (χ1v) is 6.20. The minimum absolute atomic E-state index is 0.0611. The number of carbonyl (C=O) groups excluding carboxylic acids is 1. The third kappa shape index (κ3) is 4.20. The van der Waals surface area contributed by atoms with E-state index in [0.29, 0.717) is 10.6 Å². The number of carboxylic acid groups (broad SMARTS) is 1. The Morgan fingerprint density at radius 2 is 2.12 bits per heavy atom. The summed E-state index contributed by atoms with van der Waals surface area (Å²) in [4.78, 5) is 23.4. The van der Waals surface area contributed by atoms with Gasteiger partial charge in [0, 0.05) is 17.1 Å². The molecule has 0 aliphatic carbocycles. The van der Waals surface area contributed by atoms with Gasteiger partial charge in [-0.2, -0.15) is 12.6 Å². The molecular formula is C11H12O3S2. The van der Waals surface area contributed by atoms with Crippen LogP contribution in [0.4, 0.5) is 0 Å². The molecule has 0 aliphatic heterocycles. The molecule has 5 heteroatoms.